The molecule has 0 fully saturated rings. The van der Waals surface area contributed by atoms with Gasteiger partial charge in [-0.05, 0) is 147 Å². The van der Waals surface area contributed by atoms with E-state index < -0.39 is 0 Å². The summed E-state index contributed by atoms with van der Waals surface area (Å²) in [4.78, 5) is 42.6. The largest absolute Gasteiger partial charge is 0.309 e. The van der Waals surface area contributed by atoms with Crippen LogP contribution < -0.4 is 0 Å². The molecule has 0 radical (unpaired) electrons. The van der Waals surface area contributed by atoms with E-state index in [1.807, 2.05) is 108 Å². The fourth-order valence-corrected chi connectivity index (χ4v) is 21.8. The molecule has 12 heteroatoms. The van der Waals surface area contributed by atoms with Crippen molar-refractivity contribution in [1.82, 2.24) is 49.0 Å². The molecule has 0 aliphatic heterocycles. The zero-order valence-corrected chi connectivity index (χ0v) is 75.0. The summed E-state index contributed by atoms with van der Waals surface area (Å²) in [6.07, 6.45) is 4.08. The zero-order valence-electron chi connectivity index (χ0n) is 73.3. The van der Waals surface area contributed by atoms with Crippen LogP contribution in [0.25, 0.3) is 253 Å². The summed E-state index contributed by atoms with van der Waals surface area (Å²) >= 11 is 3.64. The summed E-state index contributed by atoms with van der Waals surface area (Å²) in [6, 6.07) is 162. The van der Waals surface area contributed by atoms with Crippen LogP contribution in [0.3, 0.4) is 0 Å². The number of pyridine rings is 2. The Bertz CT molecular complexity index is 8820. The first-order valence-corrected chi connectivity index (χ1v) is 47.2. The maximum atomic E-state index is 5.57. The Morgan fingerprint density at radius 2 is 0.485 bits per heavy atom. The molecule has 18 aromatic carbocycles. The lowest BCUT2D eigenvalue weighted by Crippen LogP contribution is -2.02. The van der Waals surface area contributed by atoms with Crippen LogP contribution >= 0.6 is 22.7 Å². The third-order valence-corrected chi connectivity index (χ3v) is 28.1. The van der Waals surface area contributed by atoms with Crippen molar-refractivity contribution >= 4 is 107 Å². The predicted molar refractivity (Wildman–Crippen MR) is 566 cm³/mol. The molecule has 0 unspecified atom stereocenters. The van der Waals surface area contributed by atoms with Gasteiger partial charge >= 0.3 is 0 Å². The van der Waals surface area contributed by atoms with Crippen molar-refractivity contribution in [3.63, 3.8) is 0 Å². The Morgan fingerprint density at radius 1 is 0.169 bits per heavy atom. The fraction of sp³-hybridized carbons (Fsp3) is 0. The molecule has 0 saturated carbocycles. The van der Waals surface area contributed by atoms with Crippen molar-refractivity contribution in [2.45, 2.75) is 0 Å². The van der Waals surface area contributed by atoms with Gasteiger partial charge in [-0.2, -0.15) is 0 Å². The number of thiophene rings is 2. The van der Waals surface area contributed by atoms with Gasteiger partial charge in [-0.15, -0.1) is 22.7 Å². The van der Waals surface area contributed by atoms with Crippen LogP contribution in [0.2, 0.25) is 0 Å². The van der Waals surface area contributed by atoms with Gasteiger partial charge in [-0.25, -0.2) is 29.9 Å². The van der Waals surface area contributed by atoms with Gasteiger partial charge in [0.25, 0.3) is 0 Å². The molecule has 26 rings (SSSR count). The number of nitrogens with zero attached hydrogens (tertiary/aromatic N) is 10. The molecular formula is C124H78N10S2. The number of rotatable bonds is 16. The molecule has 0 N–H and O–H groups in total. The van der Waals surface area contributed by atoms with Crippen molar-refractivity contribution in [2.24, 2.45) is 0 Å². The van der Waals surface area contributed by atoms with Crippen LogP contribution in [0.15, 0.2) is 473 Å². The van der Waals surface area contributed by atoms with Gasteiger partial charge in [0, 0.05) is 141 Å². The van der Waals surface area contributed by atoms with Gasteiger partial charge in [-0.3, -0.25) is 9.97 Å². The summed E-state index contributed by atoms with van der Waals surface area (Å²) in [7, 11) is 0. The van der Waals surface area contributed by atoms with Crippen LogP contribution in [-0.2, 0) is 0 Å². The first-order chi connectivity index (χ1) is 67.4. The molecule has 0 amide bonds. The van der Waals surface area contributed by atoms with Gasteiger partial charge in [0.2, 0.25) is 0 Å². The van der Waals surface area contributed by atoms with E-state index in [4.69, 9.17) is 39.9 Å². The maximum Gasteiger partial charge on any atom is 0.166 e. The number of hydrogen-bond donors (Lipinski definition) is 0. The molecule has 0 spiro atoms. The molecule has 8 heterocycles. The van der Waals surface area contributed by atoms with E-state index in [9.17, 15) is 0 Å². The summed E-state index contributed by atoms with van der Waals surface area (Å²) in [6.45, 7) is 0. The van der Waals surface area contributed by atoms with E-state index in [-0.39, 0.29) is 0 Å². The highest BCUT2D eigenvalue weighted by Crippen LogP contribution is 2.51. The Hall–Kier alpha value is -17.7. The lowest BCUT2D eigenvalue weighted by Gasteiger charge is -2.18. The van der Waals surface area contributed by atoms with Crippen molar-refractivity contribution in [3.8, 4) is 169 Å². The number of aromatic nitrogens is 10. The van der Waals surface area contributed by atoms with Gasteiger partial charge in [0.05, 0.1) is 33.5 Å². The second kappa shape index (κ2) is 34.6. The lowest BCUT2D eigenvalue weighted by atomic mass is 9.87. The third kappa shape index (κ3) is 14.6. The Kier molecular flexibility index (Phi) is 20.4. The second-order valence-corrected chi connectivity index (χ2v) is 36.1. The molecule has 10 nitrogen and oxygen atoms in total. The normalized spacial score (nSPS) is 11.5. The Morgan fingerprint density at radius 3 is 0.897 bits per heavy atom. The second-order valence-electron chi connectivity index (χ2n) is 33.9. The van der Waals surface area contributed by atoms with Gasteiger partial charge in [-0.1, -0.05) is 370 Å². The highest BCUT2D eigenvalue weighted by Gasteiger charge is 2.28. The molecule has 0 bridgehead atoms. The van der Waals surface area contributed by atoms with Crippen molar-refractivity contribution in [1.29, 1.82) is 0 Å². The minimum absolute atomic E-state index is 0.547. The summed E-state index contributed by atoms with van der Waals surface area (Å²) < 4.78 is 9.62. The number of hydrogen-bond acceptors (Lipinski definition) is 10. The van der Waals surface area contributed by atoms with E-state index in [0.717, 1.165) is 139 Å². The highest BCUT2D eigenvalue weighted by atomic mass is 32.1. The van der Waals surface area contributed by atoms with Crippen molar-refractivity contribution < 1.29 is 0 Å². The molecule has 636 valence electrons. The average molecular weight is 1770 g/mol. The zero-order chi connectivity index (χ0) is 89.9. The van der Waals surface area contributed by atoms with Gasteiger partial charge < -0.3 is 9.13 Å². The molecular weight excluding hydrogens is 1690 g/mol. The Labute approximate surface area is 792 Å². The van der Waals surface area contributed by atoms with E-state index in [0.29, 0.717) is 34.9 Å². The summed E-state index contributed by atoms with van der Waals surface area (Å²) in [5.41, 5.74) is 28.9. The minimum atomic E-state index is 0.547. The van der Waals surface area contributed by atoms with E-state index in [2.05, 4.69) is 397 Å². The van der Waals surface area contributed by atoms with Gasteiger partial charge in [0.15, 0.2) is 34.9 Å². The summed E-state index contributed by atoms with van der Waals surface area (Å²) in [5, 5.41) is 9.62. The summed E-state index contributed by atoms with van der Waals surface area (Å²) in [5.74, 6) is 3.47. The van der Waals surface area contributed by atoms with Crippen molar-refractivity contribution in [3.05, 3.63) is 473 Å². The molecule has 26 aromatic rings. The van der Waals surface area contributed by atoms with Gasteiger partial charge in [0.1, 0.15) is 0 Å². The third-order valence-electron chi connectivity index (χ3n) is 25.8. The standard InChI is InChI=1S/2C62H39N5S/c1-6-20-40(21-7-1)46-31-18-32-47(41-22-8-2-9-23-41)57(46)44-36-52(62-65-60(42-24-10-3-11-25-42)64-61(66-62)43-26-12-4-13-27-43)59(63-39-44)49-33-19-35-55-58(49)51-37-50-48-30-16-17-34-53(48)67(45-28-14-5-15-29-45)54(50)38-56(51)68-55;1-6-19-40(20-7-1)47-30-18-31-48(41-21-8-2-9-22-41)58(47)45-36-53(62-65-60(42-23-10-3-11-24-42)64-61(66-62)43-25-12-4-13-26-43)59(63-39-45)44-33-34-56-51(35-44)52-37-50-49-29-16-17-32-54(49)67(46-27-14-5-15-28-46)55(50)38-57(52)68-56/h2*1-39H. The molecule has 136 heavy (non-hydrogen) atoms. The monoisotopic (exact) mass is 1770 g/mol. The first kappa shape index (κ1) is 80.4. The average Bonchev–Trinajstić information content (AvgIpc) is 1.55. The topological polar surface area (TPSA) is 113 Å². The number of para-hydroxylation sites is 4. The molecule has 0 atom stereocenters. The van der Waals surface area contributed by atoms with Crippen LogP contribution in [0.5, 0.6) is 0 Å². The lowest BCUT2D eigenvalue weighted by molar-refractivity contribution is 1.07. The molecule has 0 aliphatic carbocycles. The van der Waals surface area contributed by atoms with E-state index in [1.165, 1.54) is 78.6 Å². The highest BCUT2D eigenvalue weighted by molar-refractivity contribution is 7.26. The van der Waals surface area contributed by atoms with Crippen molar-refractivity contribution in [2.75, 3.05) is 0 Å². The molecule has 0 saturated heterocycles. The molecule has 8 aromatic heterocycles. The molecule has 0 aliphatic rings. The van der Waals surface area contributed by atoms with Crippen LogP contribution in [0.1, 0.15) is 0 Å². The minimum Gasteiger partial charge on any atom is -0.309 e. The Balaban J connectivity index is 0.000000145. The smallest absolute Gasteiger partial charge is 0.166 e. The van der Waals surface area contributed by atoms with Crippen LogP contribution in [0, 0.1) is 0 Å². The first-order valence-electron chi connectivity index (χ1n) is 45.6. The number of fused-ring (bicyclic) bond motifs is 12. The van der Waals surface area contributed by atoms with E-state index >= 15 is 0 Å². The quantitative estimate of drug-likeness (QED) is 0.0940. The van der Waals surface area contributed by atoms with Crippen LogP contribution in [-0.4, -0.2) is 49.0 Å². The predicted octanol–water partition coefficient (Wildman–Crippen LogP) is 32.8. The van der Waals surface area contributed by atoms with E-state index in [1.54, 1.807) is 0 Å². The number of benzene rings is 18. The SMILES string of the molecule is c1ccc(-c2nc(-c3ccccc3)nc(-c3cc(-c4c(-c5ccccc5)cccc4-c4ccccc4)cnc3-c3ccc4sc5cc6c(cc5c4c3)c3ccccc3n6-c3ccccc3)n2)cc1.c1ccc(-c2nc(-c3ccccc3)nc(-c3cc(-c4c(-c5ccccc5)cccc4-c4ccccc4)cnc3-c3cccc4sc5cc6c(cc5c34)c3ccccc3n6-c3ccccc3)n2)cc1. The fourth-order valence-electron chi connectivity index (χ4n) is 19.6. The maximum absolute atomic E-state index is 5.57. The van der Waals surface area contributed by atoms with Crippen LogP contribution in [0.4, 0.5) is 0 Å².